The number of rotatable bonds is 3. The third kappa shape index (κ3) is 4.03. The minimum Gasteiger partial charge on any atom is -0.393 e. The summed E-state index contributed by atoms with van der Waals surface area (Å²) in [4.78, 5) is 15.6. The van der Waals surface area contributed by atoms with E-state index in [1.54, 1.807) is 12.1 Å². The molecule has 3 aromatic carbocycles. The Morgan fingerprint density at radius 3 is 2.55 bits per heavy atom. The molecule has 33 heavy (non-hydrogen) atoms. The monoisotopic (exact) mass is 439 g/mol. The first-order chi connectivity index (χ1) is 15.9. The Kier molecular flexibility index (Phi) is 5.47. The van der Waals surface area contributed by atoms with Crippen LogP contribution >= 0.6 is 0 Å². The lowest BCUT2D eigenvalue weighted by Crippen LogP contribution is -2.42. The third-order valence-corrected chi connectivity index (χ3v) is 6.75. The number of aliphatic hydroxyl groups excluding tert-OH is 1. The molecule has 0 radical (unpaired) electrons. The highest BCUT2D eigenvalue weighted by molar-refractivity contribution is 5.97. The first-order valence-corrected chi connectivity index (χ1v) is 11.3. The third-order valence-electron chi connectivity index (χ3n) is 6.75. The van der Waals surface area contributed by atoms with Crippen molar-refractivity contribution in [3.05, 3.63) is 107 Å². The van der Waals surface area contributed by atoms with E-state index in [2.05, 4.69) is 30.9 Å². The van der Waals surface area contributed by atoms with Crippen molar-refractivity contribution in [2.24, 2.45) is 0 Å². The molecular weight excluding hydrogens is 413 g/mol. The van der Waals surface area contributed by atoms with Crippen molar-refractivity contribution in [1.29, 1.82) is 0 Å². The molecule has 0 aromatic heterocycles. The summed E-state index contributed by atoms with van der Waals surface area (Å²) in [5.74, 6) is -0.380. The number of likely N-dealkylation sites (tertiary alicyclic amines) is 1. The van der Waals surface area contributed by atoms with Gasteiger partial charge in [-0.2, -0.15) is 0 Å². The maximum Gasteiger partial charge on any atom is 0.254 e. The first kappa shape index (κ1) is 21.4. The van der Waals surface area contributed by atoms with Crippen molar-refractivity contribution >= 4 is 17.6 Å². The molecule has 1 amide bonds. The van der Waals surface area contributed by atoms with Gasteiger partial charge in [-0.3, -0.25) is 4.79 Å². The van der Waals surface area contributed by atoms with Gasteiger partial charge >= 0.3 is 0 Å². The molecule has 2 aliphatic rings. The smallest absolute Gasteiger partial charge is 0.254 e. The normalized spacial score (nSPS) is 19.6. The summed E-state index contributed by atoms with van der Waals surface area (Å²) in [5.41, 5.74) is 7.69. The van der Waals surface area contributed by atoms with Crippen LogP contribution in [0.1, 0.15) is 51.5 Å². The first-order valence-electron chi connectivity index (χ1n) is 11.3. The molecule has 166 valence electrons. The molecule has 2 atom stereocenters. The van der Waals surface area contributed by atoms with E-state index < -0.39 is 6.10 Å². The number of hydrogen-bond donors (Lipinski definition) is 1. The standard InChI is InChI=1S/C29H26FNO2/c1-18-4-6-23-15-21(9-12-26(18)23)22-5-3-19(2)27(16-22)29(33)31-14-13-25(32)17-28(31)20-7-10-24(30)11-8-20/h3-12,15-16,25,28,32H,1,13-14,17H2,2H3/t25?,28-/m1/s1. The predicted octanol–water partition coefficient (Wildman–Crippen LogP) is 6.18. The predicted molar refractivity (Wildman–Crippen MR) is 130 cm³/mol. The maximum atomic E-state index is 13.7. The number of carbonyl (C=O) groups excluding carboxylic acids is 1. The molecule has 1 fully saturated rings. The van der Waals surface area contributed by atoms with Crippen LogP contribution in [0.2, 0.25) is 0 Å². The molecule has 0 saturated carbocycles. The minimum absolute atomic E-state index is 0.0648. The van der Waals surface area contributed by atoms with E-state index in [1.807, 2.05) is 36.1 Å². The number of carbonyl (C=O) groups is 1. The summed E-state index contributed by atoms with van der Waals surface area (Å²) in [6.07, 6.45) is 4.57. The van der Waals surface area contributed by atoms with Crippen LogP contribution in [-0.2, 0) is 0 Å². The van der Waals surface area contributed by atoms with E-state index in [9.17, 15) is 14.3 Å². The average Bonchev–Trinajstić information content (AvgIpc) is 3.19. The van der Waals surface area contributed by atoms with E-state index >= 15 is 0 Å². The topological polar surface area (TPSA) is 40.5 Å². The van der Waals surface area contributed by atoms with Gasteiger partial charge in [-0.1, -0.05) is 55.1 Å². The number of benzene rings is 3. The van der Waals surface area contributed by atoms with Gasteiger partial charge in [0.1, 0.15) is 5.82 Å². The largest absolute Gasteiger partial charge is 0.393 e. The van der Waals surface area contributed by atoms with Gasteiger partial charge in [0, 0.05) is 12.1 Å². The number of allylic oxidation sites excluding steroid dienone is 2. The van der Waals surface area contributed by atoms with Gasteiger partial charge in [0.2, 0.25) is 0 Å². The maximum absolute atomic E-state index is 13.7. The van der Waals surface area contributed by atoms with Crippen LogP contribution in [0.4, 0.5) is 4.39 Å². The molecular formula is C29H26FNO2. The van der Waals surface area contributed by atoms with E-state index in [-0.39, 0.29) is 17.8 Å². The minimum atomic E-state index is -0.481. The molecule has 3 aromatic rings. The zero-order valence-corrected chi connectivity index (χ0v) is 18.6. The number of nitrogens with zero attached hydrogens (tertiary/aromatic N) is 1. The highest BCUT2D eigenvalue weighted by Crippen LogP contribution is 2.35. The van der Waals surface area contributed by atoms with E-state index in [1.165, 1.54) is 12.1 Å². The van der Waals surface area contributed by atoms with E-state index in [0.717, 1.165) is 39.0 Å². The van der Waals surface area contributed by atoms with Gasteiger partial charge in [-0.05, 0) is 83.0 Å². The lowest BCUT2D eigenvalue weighted by atomic mass is 9.91. The lowest BCUT2D eigenvalue weighted by Gasteiger charge is -2.38. The van der Waals surface area contributed by atoms with Crippen molar-refractivity contribution in [2.75, 3.05) is 6.54 Å². The van der Waals surface area contributed by atoms with Gasteiger partial charge in [0.05, 0.1) is 12.1 Å². The Bertz CT molecular complexity index is 1280. The summed E-state index contributed by atoms with van der Waals surface area (Å²) in [6, 6.07) is 18.2. The van der Waals surface area contributed by atoms with Gasteiger partial charge in [0.25, 0.3) is 5.91 Å². The Balaban J connectivity index is 1.49. The highest BCUT2D eigenvalue weighted by atomic mass is 19.1. The molecule has 1 unspecified atom stereocenters. The van der Waals surface area contributed by atoms with Crippen LogP contribution in [-0.4, -0.2) is 28.6 Å². The Hall–Kier alpha value is -3.50. The molecule has 4 heteroatoms. The summed E-state index contributed by atoms with van der Waals surface area (Å²) in [6.45, 7) is 6.46. The van der Waals surface area contributed by atoms with Gasteiger partial charge in [0.15, 0.2) is 0 Å². The van der Waals surface area contributed by atoms with Crippen LogP contribution in [0.3, 0.4) is 0 Å². The quantitative estimate of drug-likeness (QED) is 0.529. The van der Waals surface area contributed by atoms with Crippen LogP contribution in [0, 0.1) is 12.7 Å². The van der Waals surface area contributed by atoms with Crippen molar-refractivity contribution in [1.82, 2.24) is 4.90 Å². The Morgan fingerprint density at radius 1 is 1.03 bits per heavy atom. The van der Waals surface area contributed by atoms with Gasteiger partial charge in [-0.15, -0.1) is 0 Å². The SMILES string of the molecule is C=C1C=Cc2cc(-c3ccc(C)c(C(=O)N4CCC(O)C[C@@H]4c4ccc(F)cc4)c3)ccc21. The number of piperidine rings is 1. The summed E-state index contributed by atoms with van der Waals surface area (Å²) < 4.78 is 13.5. The number of amides is 1. The Morgan fingerprint density at radius 2 is 1.76 bits per heavy atom. The highest BCUT2D eigenvalue weighted by Gasteiger charge is 2.33. The molecule has 5 rings (SSSR count). The average molecular weight is 440 g/mol. The van der Waals surface area contributed by atoms with Crippen LogP contribution < -0.4 is 0 Å². The summed E-state index contributed by atoms with van der Waals surface area (Å²) in [7, 11) is 0. The van der Waals surface area contributed by atoms with Gasteiger partial charge in [-0.25, -0.2) is 4.39 Å². The van der Waals surface area contributed by atoms with Crippen molar-refractivity contribution < 1.29 is 14.3 Å². The fourth-order valence-electron chi connectivity index (χ4n) is 4.83. The molecule has 1 saturated heterocycles. The van der Waals surface area contributed by atoms with Crippen LogP contribution in [0.15, 0.2) is 73.3 Å². The second-order valence-corrected chi connectivity index (χ2v) is 8.93. The summed E-state index contributed by atoms with van der Waals surface area (Å²) >= 11 is 0. The number of halogens is 1. The fraction of sp³-hybridized carbons (Fsp3) is 0.207. The Labute approximate surface area is 193 Å². The molecule has 1 aliphatic heterocycles. The number of fused-ring (bicyclic) bond motifs is 1. The molecule has 3 nitrogen and oxygen atoms in total. The van der Waals surface area contributed by atoms with Crippen molar-refractivity contribution in [2.45, 2.75) is 31.9 Å². The summed E-state index contributed by atoms with van der Waals surface area (Å²) in [5, 5.41) is 10.3. The zero-order chi connectivity index (χ0) is 23.1. The van der Waals surface area contributed by atoms with Gasteiger partial charge < -0.3 is 10.0 Å². The van der Waals surface area contributed by atoms with E-state index in [4.69, 9.17) is 0 Å². The molecule has 1 N–H and O–H groups in total. The second kappa shape index (κ2) is 8.45. The van der Waals surface area contributed by atoms with Crippen LogP contribution in [0.25, 0.3) is 22.8 Å². The number of aliphatic hydroxyl groups is 1. The number of aryl methyl sites for hydroxylation is 1. The molecule has 0 bridgehead atoms. The van der Waals surface area contributed by atoms with Crippen molar-refractivity contribution in [3.8, 4) is 11.1 Å². The molecule has 1 aliphatic carbocycles. The van der Waals surface area contributed by atoms with E-state index in [0.29, 0.717) is 24.9 Å². The number of hydrogen-bond acceptors (Lipinski definition) is 2. The lowest BCUT2D eigenvalue weighted by molar-refractivity contribution is 0.0318. The van der Waals surface area contributed by atoms with Crippen molar-refractivity contribution in [3.63, 3.8) is 0 Å². The zero-order valence-electron chi connectivity index (χ0n) is 18.6. The van der Waals surface area contributed by atoms with Crippen LogP contribution in [0.5, 0.6) is 0 Å². The molecule has 1 heterocycles. The second-order valence-electron chi connectivity index (χ2n) is 8.93. The molecule has 0 spiro atoms. The fourth-order valence-corrected chi connectivity index (χ4v) is 4.83.